The first-order valence-electron chi connectivity index (χ1n) is 4.69. The van der Waals surface area contributed by atoms with E-state index in [1.165, 1.54) is 6.92 Å². The normalized spacial score (nSPS) is 43.6. The maximum Gasteiger partial charge on any atom is 0.182 e. The molecule has 1 heterocycles. The smallest absolute Gasteiger partial charge is 0.182 e. The van der Waals surface area contributed by atoms with Gasteiger partial charge in [-0.25, -0.2) is 0 Å². The van der Waals surface area contributed by atoms with Gasteiger partial charge in [-0.15, -0.1) is 0 Å². The van der Waals surface area contributed by atoms with Crippen LogP contribution in [0.15, 0.2) is 0 Å². The third-order valence-electron chi connectivity index (χ3n) is 2.64. The highest BCUT2D eigenvalue weighted by molar-refractivity contribution is 5.81. The third kappa shape index (κ3) is 1.95. The molecule has 0 bridgehead atoms. The van der Waals surface area contributed by atoms with Gasteiger partial charge in [0.1, 0.15) is 12.2 Å². The predicted octanol–water partition coefficient (Wildman–Crippen LogP) is -0.959. The second-order valence-electron chi connectivity index (χ2n) is 3.61. The van der Waals surface area contributed by atoms with E-state index in [0.29, 0.717) is 6.42 Å². The molecule has 0 aromatic heterocycles. The van der Waals surface area contributed by atoms with Gasteiger partial charge >= 0.3 is 0 Å². The molecule has 0 aromatic carbocycles. The second kappa shape index (κ2) is 4.35. The molecule has 0 saturated carbocycles. The fourth-order valence-electron chi connectivity index (χ4n) is 1.77. The van der Waals surface area contributed by atoms with Crippen LogP contribution in [0.1, 0.15) is 20.3 Å². The number of Topliss-reactive ketones (excluding diaryl/α,β-unsaturated/α-hetero) is 1. The Balaban J connectivity index is 2.80. The highest BCUT2D eigenvalue weighted by atomic mass is 16.6. The molecule has 14 heavy (non-hydrogen) atoms. The van der Waals surface area contributed by atoms with Gasteiger partial charge in [0.15, 0.2) is 12.1 Å². The largest absolute Gasteiger partial charge is 0.390 e. The highest BCUT2D eigenvalue weighted by Crippen LogP contribution is 2.27. The van der Waals surface area contributed by atoms with E-state index >= 15 is 0 Å². The second-order valence-corrected chi connectivity index (χ2v) is 3.61. The molecule has 1 saturated heterocycles. The van der Waals surface area contributed by atoms with Crippen molar-refractivity contribution in [3.63, 3.8) is 0 Å². The average molecular weight is 204 g/mol. The van der Waals surface area contributed by atoms with Crippen LogP contribution in [0.4, 0.5) is 0 Å². The van der Waals surface area contributed by atoms with E-state index in [-0.39, 0.29) is 5.78 Å². The monoisotopic (exact) mass is 204 g/mol. The van der Waals surface area contributed by atoms with Gasteiger partial charge in [0.2, 0.25) is 0 Å². The van der Waals surface area contributed by atoms with Crippen LogP contribution < -0.4 is 0 Å². The number of ether oxygens (including phenoxy) is 1. The van der Waals surface area contributed by atoms with Crippen LogP contribution in [0.2, 0.25) is 0 Å². The first kappa shape index (κ1) is 11.6. The topological polar surface area (TPSA) is 87.0 Å². The zero-order valence-corrected chi connectivity index (χ0v) is 8.25. The summed E-state index contributed by atoms with van der Waals surface area (Å²) in [5.41, 5.74) is 0. The van der Waals surface area contributed by atoms with Crippen molar-refractivity contribution >= 4 is 5.78 Å². The number of carbonyl (C=O) groups excluding carboxylic acids is 1. The standard InChI is InChI=1S/C9H16O5/c1-3-5-6(11)8(4(2)10)14-9(13)7(5)12/h5-9,11-13H,3H2,1-2H3/t5-,6-,7?,8?,9?/m0/s1. The quantitative estimate of drug-likeness (QED) is 0.539. The Bertz CT molecular complexity index is 217. The summed E-state index contributed by atoms with van der Waals surface area (Å²) in [5.74, 6) is -0.866. The van der Waals surface area contributed by atoms with Crippen LogP contribution in [0, 0.1) is 5.92 Å². The molecule has 82 valence electrons. The Morgan fingerprint density at radius 3 is 2.29 bits per heavy atom. The third-order valence-corrected chi connectivity index (χ3v) is 2.64. The van der Waals surface area contributed by atoms with E-state index in [1.54, 1.807) is 6.92 Å². The van der Waals surface area contributed by atoms with Crippen molar-refractivity contribution in [3.05, 3.63) is 0 Å². The van der Waals surface area contributed by atoms with Crippen LogP contribution in [-0.4, -0.2) is 45.7 Å². The Hall–Kier alpha value is -0.490. The van der Waals surface area contributed by atoms with Gasteiger partial charge in [0.25, 0.3) is 0 Å². The fraction of sp³-hybridized carbons (Fsp3) is 0.889. The summed E-state index contributed by atoms with van der Waals surface area (Å²) in [6.45, 7) is 3.05. The number of carbonyl (C=O) groups is 1. The zero-order valence-electron chi connectivity index (χ0n) is 8.25. The number of aliphatic hydroxyl groups excluding tert-OH is 3. The number of rotatable bonds is 2. The van der Waals surface area contributed by atoms with Crippen molar-refractivity contribution in [2.45, 2.75) is 44.9 Å². The lowest BCUT2D eigenvalue weighted by molar-refractivity contribution is -0.261. The molecular formula is C9H16O5. The van der Waals surface area contributed by atoms with Gasteiger partial charge in [-0.05, 0) is 13.3 Å². The minimum Gasteiger partial charge on any atom is -0.390 e. The van der Waals surface area contributed by atoms with E-state index in [2.05, 4.69) is 0 Å². The lowest BCUT2D eigenvalue weighted by atomic mass is 9.86. The highest BCUT2D eigenvalue weighted by Gasteiger charge is 2.44. The summed E-state index contributed by atoms with van der Waals surface area (Å²) >= 11 is 0. The SMILES string of the molecule is CC[C@@H]1C(O)C(O)OC(C(C)=O)[C@H]1O. The van der Waals surface area contributed by atoms with Crippen LogP contribution in [0.25, 0.3) is 0 Å². The van der Waals surface area contributed by atoms with Crippen molar-refractivity contribution in [2.24, 2.45) is 5.92 Å². The van der Waals surface area contributed by atoms with Crippen LogP contribution in [-0.2, 0) is 9.53 Å². The van der Waals surface area contributed by atoms with Crippen molar-refractivity contribution in [3.8, 4) is 0 Å². The van der Waals surface area contributed by atoms with E-state index in [1.807, 2.05) is 0 Å². The van der Waals surface area contributed by atoms with Gasteiger partial charge in [-0.3, -0.25) is 4.79 Å². The molecule has 5 heteroatoms. The molecule has 0 amide bonds. The fourth-order valence-corrected chi connectivity index (χ4v) is 1.77. The van der Waals surface area contributed by atoms with Crippen LogP contribution >= 0.6 is 0 Å². The van der Waals surface area contributed by atoms with Crippen molar-refractivity contribution in [1.82, 2.24) is 0 Å². The van der Waals surface area contributed by atoms with Crippen LogP contribution in [0.3, 0.4) is 0 Å². The van der Waals surface area contributed by atoms with Gasteiger partial charge < -0.3 is 20.1 Å². The Labute approximate surface area is 82.3 Å². The van der Waals surface area contributed by atoms with Gasteiger partial charge in [-0.1, -0.05) is 6.92 Å². The molecule has 0 aromatic rings. The van der Waals surface area contributed by atoms with Crippen molar-refractivity contribution < 1.29 is 24.9 Å². The molecule has 1 aliphatic rings. The van der Waals surface area contributed by atoms with Crippen molar-refractivity contribution in [2.75, 3.05) is 0 Å². The van der Waals surface area contributed by atoms with Gasteiger partial charge in [0, 0.05) is 5.92 Å². The van der Waals surface area contributed by atoms with E-state index in [4.69, 9.17) is 4.74 Å². The molecule has 5 atom stereocenters. The first-order valence-corrected chi connectivity index (χ1v) is 4.69. The number of hydrogen-bond donors (Lipinski definition) is 3. The van der Waals surface area contributed by atoms with E-state index < -0.39 is 30.5 Å². The maximum absolute atomic E-state index is 11.0. The summed E-state index contributed by atoms with van der Waals surface area (Å²) in [7, 11) is 0. The molecule has 1 rings (SSSR count). The number of hydrogen-bond acceptors (Lipinski definition) is 5. The Kier molecular flexibility index (Phi) is 3.60. The van der Waals surface area contributed by atoms with Crippen molar-refractivity contribution in [1.29, 1.82) is 0 Å². The molecule has 0 radical (unpaired) electrons. The summed E-state index contributed by atoms with van der Waals surface area (Å²) in [6.07, 6.45) is -4.12. The number of aliphatic hydroxyl groups is 3. The summed E-state index contributed by atoms with van der Waals surface area (Å²) in [4.78, 5) is 11.0. The molecule has 3 unspecified atom stereocenters. The molecule has 3 N–H and O–H groups in total. The molecule has 0 aliphatic carbocycles. The maximum atomic E-state index is 11.0. The summed E-state index contributed by atoms with van der Waals surface area (Å²) in [5, 5.41) is 28.4. The molecular weight excluding hydrogens is 188 g/mol. The lowest BCUT2D eigenvalue weighted by Gasteiger charge is -2.39. The minimum atomic E-state index is -1.39. The van der Waals surface area contributed by atoms with Gasteiger partial charge in [-0.2, -0.15) is 0 Å². The minimum absolute atomic E-state index is 0.345. The lowest BCUT2D eigenvalue weighted by Crippen LogP contribution is -2.56. The predicted molar refractivity (Wildman–Crippen MR) is 47.4 cm³/mol. The van der Waals surface area contributed by atoms with Crippen LogP contribution in [0.5, 0.6) is 0 Å². The summed E-state index contributed by atoms with van der Waals surface area (Å²) < 4.78 is 4.81. The zero-order chi connectivity index (χ0) is 10.9. The molecule has 1 aliphatic heterocycles. The van der Waals surface area contributed by atoms with Gasteiger partial charge in [0.05, 0.1) is 6.10 Å². The molecule has 1 fully saturated rings. The van der Waals surface area contributed by atoms with E-state index in [0.717, 1.165) is 0 Å². The molecule has 5 nitrogen and oxygen atoms in total. The summed E-state index contributed by atoms with van der Waals surface area (Å²) in [6, 6.07) is 0. The Morgan fingerprint density at radius 2 is 1.86 bits per heavy atom. The van der Waals surface area contributed by atoms with E-state index in [9.17, 15) is 20.1 Å². The average Bonchev–Trinajstić information content (AvgIpc) is 2.12. The number of ketones is 1. The molecule has 0 spiro atoms. The first-order chi connectivity index (χ1) is 6.49. The Morgan fingerprint density at radius 1 is 1.29 bits per heavy atom.